The molecule has 1 saturated heterocycles. The first-order valence-corrected chi connectivity index (χ1v) is 12.2. The first-order chi connectivity index (χ1) is 13.9. The Bertz CT molecular complexity index is 804. The van der Waals surface area contributed by atoms with Crippen molar-refractivity contribution < 1.29 is 18.0 Å². The summed E-state index contributed by atoms with van der Waals surface area (Å²) in [6, 6.07) is 8.94. The van der Waals surface area contributed by atoms with Crippen molar-refractivity contribution in [3.8, 4) is 0 Å². The highest BCUT2D eigenvalue weighted by atomic mass is 32.2. The number of rotatable bonds is 6. The van der Waals surface area contributed by atoms with Crippen LogP contribution in [0.1, 0.15) is 55.8 Å². The Morgan fingerprint density at radius 2 is 1.55 bits per heavy atom. The third-order valence-electron chi connectivity index (χ3n) is 6.03. The van der Waals surface area contributed by atoms with E-state index in [9.17, 15) is 18.0 Å². The van der Waals surface area contributed by atoms with Crippen LogP contribution in [0.2, 0.25) is 0 Å². The Balaban J connectivity index is 1.55. The largest absolute Gasteiger partial charge is 0.351 e. The van der Waals surface area contributed by atoms with Gasteiger partial charge in [0.25, 0.3) is 5.91 Å². The molecule has 1 aromatic rings. The van der Waals surface area contributed by atoms with E-state index < -0.39 is 10.0 Å². The summed E-state index contributed by atoms with van der Waals surface area (Å²) in [5.74, 6) is -0.223. The van der Waals surface area contributed by atoms with Crippen LogP contribution >= 0.6 is 0 Å². The maximum Gasteiger partial charge on any atom is 0.251 e. The van der Waals surface area contributed by atoms with E-state index in [4.69, 9.17) is 0 Å². The molecule has 2 N–H and O–H groups in total. The summed E-state index contributed by atoms with van der Waals surface area (Å²) in [5.41, 5.74) is 0.618. The standard InChI is InChI=1S/C21H31N3O4S/c1-2-29(27,28)24-14-12-17(13-15-24)21(26)23-19-11-7-6-10-18(19)22-20(25)16-8-4-3-5-9-16/h3-5,8-9,17-19H,2,6-7,10-15H2,1H3,(H,22,25)(H,23,26)/t18-,19-/m1/s1. The zero-order chi connectivity index (χ0) is 20.9. The molecule has 0 spiro atoms. The van der Waals surface area contributed by atoms with Gasteiger partial charge in [0.1, 0.15) is 0 Å². The summed E-state index contributed by atoms with van der Waals surface area (Å²) in [6.07, 6.45) is 4.82. The van der Waals surface area contributed by atoms with Gasteiger partial charge < -0.3 is 10.6 Å². The maximum absolute atomic E-state index is 12.8. The van der Waals surface area contributed by atoms with Crippen molar-refractivity contribution in [2.24, 2.45) is 5.92 Å². The highest BCUT2D eigenvalue weighted by Gasteiger charge is 2.33. The van der Waals surface area contributed by atoms with Gasteiger partial charge in [-0.05, 0) is 44.7 Å². The van der Waals surface area contributed by atoms with Gasteiger partial charge in [0, 0.05) is 36.7 Å². The van der Waals surface area contributed by atoms with Gasteiger partial charge in [-0.15, -0.1) is 0 Å². The van der Waals surface area contributed by atoms with Gasteiger partial charge in [0.2, 0.25) is 15.9 Å². The van der Waals surface area contributed by atoms with Crippen LogP contribution in [0, 0.1) is 5.92 Å². The molecule has 2 amide bonds. The second-order valence-corrected chi connectivity index (χ2v) is 10.2. The van der Waals surface area contributed by atoms with Crippen molar-refractivity contribution >= 4 is 21.8 Å². The van der Waals surface area contributed by atoms with Crippen LogP contribution in [0.4, 0.5) is 0 Å². The zero-order valence-electron chi connectivity index (χ0n) is 17.0. The van der Waals surface area contributed by atoms with E-state index in [0.717, 1.165) is 25.7 Å². The normalized spacial score (nSPS) is 24.0. The van der Waals surface area contributed by atoms with Crippen molar-refractivity contribution in [1.82, 2.24) is 14.9 Å². The highest BCUT2D eigenvalue weighted by molar-refractivity contribution is 7.89. The number of carbonyl (C=O) groups is 2. The van der Waals surface area contributed by atoms with Crippen molar-refractivity contribution in [3.63, 3.8) is 0 Å². The van der Waals surface area contributed by atoms with E-state index in [1.807, 2.05) is 18.2 Å². The molecule has 1 saturated carbocycles. The smallest absolute Gasteiger partial charge is 0.251 e. The van der Waals surface area contributed by atoms with Crippen LogP contribution in [0.25, 0.3) is 0 Å². The molecular formula is C21H31N3O4S. The average molecular weight is 422 g/mol. The second-order valence-electron chi connectivity index (χ2n) is 7.92. The molecular weight excluding hydrogens is 390 g/mol. The van der Waals surface area contributed by atoms with E-state index in [0.29, 0.717) is 31.5 Å². The van der Waals surface area contributed by atoms with Crippen molar-refractivity contribution in [1.29, 1.82) is 0 Å². The summed E-state index contributed by atoms with van der Waals surface area (Å²) in [5, 5.41) is 6.23. The van der Waals surface area contributed by atoms with Gasteiger partial charge in [-0.1, -0.05) is 31.0 Å². The lowest BCUT2D eigenvalue weighted by molar-refractivity contribution is -0.127. The molecule has 1 heterocycles. The quantitative estimate of drug-likeness (QED) is 0.733. The fraction of sp³-hybridized carbons (Fsp3) is 0.619. The number of piperidine rings is 1. The van der Waals surface area contributed by atoms with Crippen LogP contribution in [0.15, 0.2) is 30.3 Å². The number of sulfonamides is 1. The summed E-state index contributed by atoms with van der Waals surface area (Å²) in [6.45, 7) is 2.43. The monoisotopic (exact) mass is 421 g/mol. The Labute approximate surface area is 173 Å². The summed E-state index contributed by atoms with van der Waals surface area (Å²) < 4.78 is 25.5. The number of carbonyl (C=O) groups excluding carboxylic acids is 2. The van der Waals surface area contributed by atoms with Gasteiger partial charge >= 0.3 is 0 Å². The first kappa shape index (κ1) is 21.8. The number of hydrogen-bond acceptors (Lipinski definition) is 4. The number of nitrogens with zero attached hydrogens (tertiary/aromatic N) is 1. The lowest BCUT2D eigenvalue weighted by atomic mass is 9.88. The molecule has 2 fully saturated rings. The topological polar surface area (TPSA) is 95.6 Å². The molecule has 160 valence electrons. The predicted octanol–water partition coefficient (Wildman–Crippen LogP) is 1.91. The Morgan fingerprint density at radius 1 is 0.966 bits per heavy atom. The molecule has 29 heavy (non-hydrogen) atoms. The van der Waals surface area contributed by atoms with Gasteiger partial charge in [0.15, 0.2) is 0 Å². The molecule has 7 nitrogen and oxygen atoms in total. The van der Waals surface area contributed by atoms with E-state index in [1.54, 1.807) is 19.1 Å². The molecule has 2 aliphatic rings. The minimum atomic E-state index is -3.19. The number of amides is 2. The van der Waals surface area contributed by atoms with E-state index in [-0.39, 0.29) is 35.6 Å². The third kappa shape index (κ3) is 5.57. The lowest BCUT2D eigenvalue weighted by Crippen LogP contribution is -2.55. The molecule has 1 aliphatic heterocycles. The van der Waals surface area contributed by atoms with Crippen molar-refractivity contribution in [2.75, 3.05) is 18.8 Å². The zero-order valence-corrected chi connectivity index (χ0v) is 17.8. The molecule has 1 aromatic carbocycles. The second kappa shape index (κ2) is 9.71. The fourth-order valence-electron chi connectivity index (χ4n) is 4.20. The minimum Gasteiger partial charge on any atom is -0.351 e. The fourth-order valence-corrected chi connectivity index (χ4v) is 5.33. The molecule has 1 aliphatic carbocycles. The summed E-state index contributed by atoms with van der Waals surface area (Å²) in [7, 11) is -3.19. The number of nitrogens with one attached hydrogen (secondary N) is 2. The average Bonchev–Trinajstić information content (AvgIpc) is 2.75. The molecule has 0 unspecified atom stereocenters. The predicted molar refractivity (Wildman–Crippen MR) is 112 cm³/mol. The van der Waals surface area contributed by atoms with Crippen LogP contribution < -0.4 is 10.6 Å². The SMILES string of the molecule is CCS(=O)(=O)N1CCC(C(=O)N[C@@H]2CCCC[C@H]2NC(=O)c2ccccc2)CC1. The molecule has 0 bridgehead atoms. The van der Waals surface area contributed by atoms with Crippen LogP contribution in [0.5, 0.6) is 0 Å². The van der Waals surface area contributed by atoms with Gasteiger partial charge in [0.05, 0.1) is 5.75 Å². The Hall–Kier alpha value is -1.93. The summed E-state index contributed by atoms with van der Waals surface area (Å²) in [4.78, 5) is 25.3. The van der Waals surface area contributed by atoms with Gasteiger partial charge in [-0.2, -0.15) is 0 Å². The van der Waals surface area contributed by atoms with Gasteiger partial charge in [-0.25, -0.2) is 12.7 Å². The third-order valence-corrected chi connectivity index (χ3v) is 7.91. The molecule has 8 heteroatoms. The maximum atomic E-state index is 12.8. The van der Waals surface area contributed by atoms with Gasteiger partial charge in [-0.3, -0.25) is 9.59 Å². The molecule has 2 atom stereocenters. The molecule has 3 rings (SSSR count). The van der Waals surface area contributed by atoms with E-state index >= 15 is 0 Å². The van der Waals surface area contributed by atoms with Crippen LogP contribution in [-0.2, 0) is 14.8 Å². The minimum absolute atomic E-state index is 0.0237. The Morgan fingerprint density at radius 3 is 2.14 bits per heavy atom. The Kier molecular flexibility index (Phi) is 7.29. The van der Waals surface area contributed by atoms with E-state index in [2.05, 4.69) is 10.6 Å². The molecule has 0 radical (unpaired) electrons. The highest BCUT2D eigenvalue weighted by Crippen LogP contribution is 2.23. The molecule has 0 aromatic heterocycles. The van der Waals surface area contributed by atoms with Crippen molar-refractivity contribution in [3.05, 3.63) is 35.9 Å². The lowest BCUT2D eigenvalue weighted by Gasteiger charge is -2.35. The number of benzene rings is 1. The summed E-state index contributed by atoms with van der Waals surface area (Å²) >= 11 is 0. The van der Waals surface area contributed by atoms with Crippen molar-refractivity contribution in [2.45, 2.75) is 57.5 Å². The first-order valence-electron chi connectivity index (χ1n) is 10.5. The van der Waals surface area contributed by atoms with E-state index in [1.165, 1.54) is 4.31 Å². The van der Waals surface area contributed by atoms with Crippen LogP contribution in [-0.4, -0.2) is 55.5 Å². The number of hydrogen-bond donors (Lipinski definition) is 2. The van der Waals surface area contributed by atoms with Crippen LogP contribution in [0.3, 0.4) is 0 Å².